The molecule has 3 nitrogen and oxygen atoms in total. The minimum Gasteiger partial charge on any atom is -0.337 e. The van der Waals surface area contributed by atoms with Crippen molar-refractivity contribution in [2.45, 2.75) is 5.92 Å². The molecule has 0 unspecified atom stereocenters. The van der Waals surface area contributed by atoms with E-state index < -0.39 is 0 Å². The second-order valence-electron chi connectivity index (χ2n) is 3.34. The zero-order valence-corrected chi connectivity index (χ0v) is 9.17. The molecule has 0 spiro atoms. The first-order valence-electron chi connectivity index (χ1n) is 4.53. The minimum atomic E-state index is -0.0710. The van der Waals surface area contributed by atoms with Gasteiger partial charge in [-0.15, -0.1) is 0 Å². The fourth-order valence-electron chi connectivity index (χ4n) is 1.54. The smallest absolute Gasteiger partial charge is 0.314 e. The molecule has 4 heteroatoms. The van der Waals surface area contributed by atoms with Crippen LogP contribution in [0, 0.1) is 0 Å². The van der Waals surface area contributed by atoms with Crippen molar-refractivity contribution < 1.29 is 4.79 Å². The van der Waals surface area contributed by atoms with Crippen molar-refractivity contribution >= 4 is 22.0 Å². The molecule has 0 aromatic heterocycles. The van der Waals surface area contributed by atoms with E-state index in [9.17, 15) is 4.79 Å². The summed E-state index contributed by atoms with van der Waals surface area (Å²) in [5.74, 6) is 0.376. The predicted octanol–water partition coefficient (Wildman–Crippen LogP) is 1.85. The van der Waals surface area contributed by atoms with Gasteiger partial charge in [-0.3, -0.25) is 0 Å². The topological polar surface area (TPSA) is 41.1 Å². The van der Waals surface area contributed by atoms with Crippen molar-refractivity contribution in [3.05, 3.63) is 34.3 Å². The van der Waals surface area contributed by atoms with E-state index in [1.807, 2.05) is 12.1 Å². The van der Waals surface area contributed by atoms with Gasteiger partial charge in [0.25, 0.3) is 0 Å². The summed E-state index contributed by atoms with van der Waals surface area (Å²) < 4.78 is 1.08. The number of amides is 2. The zero-order valence-electron chi connectivity index (χ0n) is 7.59. The summed E-state index contributed by atoms with van der Waals surface area (Å²) in [6.07, 6.45) is 0. The van der Waals surface area contributed by atoms with E-state index in [2.05, 4.69) is 38.7 Å². The van der Waals surface area contributed by atoms with Crippen LogP contribution in [0.2, 0.25) is 0 Å². The van der Waals surface area contributed by atoms with Gasteiger partial charge >= 0.3 is 6.03 Å². The molecule has 2 N–H and O–H groups in total. The number of hydrogen-bond donors (Lipinski definition) is 2. The van der Waals surface area contributed by atoms with Gasteiger partial charge in [-0.1, -0.05) is 28.1 Å². The number of carbonyl (C=O) groups is 1. The second kappa shape index (κ2) is 4.00. The predicted molar refractivity (Wildman–Crippen MR) is 58.3 cm³/mol. The highest BCUT2D eigenvalue weighted by molar-refractivity contribution is 9.10. The van der Waals surface area contributed by atoms with E-state index >= 15 is 0 Å². The first kappa shape index (κ1) is 9.52. The maximum atomic E-state index is 10.9. The van der Waals surface area contributed by atoms with Gasteiger partial charge in [0.1, 0.15) is 0 Å². The van der Waals surface area contributed by atoms with Gasteiger partial charge in [0.15, 0.2) is 0 Å². The summed E-state index contributed by atoms with van der Waals surface area (Å²) in [6.45, 7) is 1.43. The summed E-state index contributed by atoms with van der Waals surface area (Å²) in [5.41, 5.74) is 1.25. The van der Waals surface area contributed by atoms with Crippen LogP contribution >= 0.6 is 15.9 Å². The van der Waals surface area contributed by atoms with Crippen LogP contribution in [-0.4, -0.2) is 19.1 Å². The first-order valence-corrected chi connectivity index (χ1v) is 5.32. The lowest BCUT2D eigenvalue weighted by molar-refractivity contribution is 0.234. The number of nitrogens with one attached hydrogen (secondary N) is 2. The lowest BCUT2D eigenvalue weighted by Crippen LogP contribution is -2.46. The quantitative estimate of drug-likeness (QED) is 0.789. The van der Waals surface area contributed by atoms with Crippen LogP contribution in [-0.2, 0) is 0 Å². The molecule has 74 valence electrons. The number of benzene rings is 1. The maximum absolute atomic E-state index is 10.9. The fraction of sp³-hybridized carbons (Fsp3) is 0.300. The van der Waals surface area contributed by atoms with Crippen LogP contribution in [0.3, 0.4) is 0 Å². The van der Waals surface area contributed by atoms with Gasteiger partial charge < -0.3 is 10.6 Å². The van der Waals surface area contributed by atoms with Gasteiger partial charge in [-0.2, -0.15) is 0 Å². The van der Waals surface area contributed by atoms with Gasteiger partial charge in [-0.25, -0.2) is 4.79 Å². The van der Waals surface area contributed by atoms with Gasteiger partial charge in [0.05, 0.1) is 0 Å². The fourth-order valence-corrected chi connectivity index (χ4v) is 1.80. The Morgan fingerprint density at radius 1 is 1.14 bits per heavy atom. The largest absolute Gasteiger partial charge is 0.337 e. The lowest BCUT2D eigenvalue weighted by Gasteiger charge is -2.23. The van der Waals surface area contributed by atoms with Crippen LogP contribution in [0.5, 0.6) is 0 Å². The molecule has 1 aliphatic heterocycles. The Bertz CT molecular complexity index is 326. The monoisotopic (exact) mass is 254 g/mol. The standard InChI is InChI=1S/C10H11BrN2O/c11-9-3-1-7(2-4-9)8-5-12-10(14)13-6-8/h1-4,8H,5-6H2,(H2,12,13,14). The van der Waals surface area contributed by atoms with Crippen LogP contribution in [0.15, 0.2) is 28.7 Å². The lowest BCUT2D eigenvalue weighted by atomic mass is 9.98. The Hall–Kier alpha value is -1.03. The molecule has 1 heterocycles. The average molecular weight is 255 g/mol. The Morgan fingerprint density at radius 3 is 2.29 bits per heavy atom. The minimum absolute atomic E-state index is 0.0710. The van der Waals surface area contributed by atoms with E-state index in [1.165, 1.54) is 5.56 Å². The first-order chi connectivity index (χ1) is 6.75. The van der Waals surface area contributed by atoms with Gasteiger partial charge in [0.2, 0.25) is 0 Å². The molecule has 2 rings (SSSR count). The molecule has 1 aliphatic rings. The Balaban J connectivity index is 2.08. The maximum Gasteiger partial charge on any atom is 0.314 e. The third-order valence-electron chi connectivity index (χ3n) is 2.36. The van der Waals surface area contributed by atoms with Crippen molar-refractivity contribution in [1.82, 2.24) is 10.6 Å². The zero-order chi connectivity index (χ0) is 9.97. The summed E-state index contributed by atoms with van der Waals surface area (Å²) >= 11 is 3.39. The highest BCUT2D eigenvalue weighted by Gasteiger charge is 2.18. The van der Waals surface area contributed by atoms with E-state index in [4.69, 9.17) is 0 Å². The molecular weight excluding hydrogens is 244 g/mol. The normalized spacial score (nSPS) is 17.4. The van der Waals surface area contributed by atoms with Crippen LogP contribution in [0.25, 0.3) is 0 Å². The summed E-state index contributed by atoms with van der Waals surface area (Å²) in [5, 5.41) is 5.57. The summed E-state index contributed by atoms with van der Waals surface area (Å²) in [6, 6.07) is 8.12. The SMILES string of the molecule is O=C1NCC(c2ccc(Br)cc2)CN1. The van der Waals surface area contributed by atoms with E-state index in [0.29, 0.717) is 19.0 Å². The van der Waals surface area contributed by atoms with Crippen LogP contribution < -0.4 is 10.6 Å². The number of rotatable bonds is 1. The third-order valence-corrected chi connectivity index (χ3v) is 2.89. The number of carbonyl (C=O) groups excluding carboxylic acids is 1. The molecule has 0 atom stereocenters. The van der Waals surface area contributed by atoms with Crippen molar-refractivity contribution in [1.29, 1.82) is 0 Å². The van der Waals surface area contributed by atoms with Crippen molar-refractivity contribution in [2.24, 2.45) is 0 Å². The van der Waals surface area contributed by atoms with E-state index in [-0.39, 0.29) is 6.03 Å². The molecule has 1 aromatic carbocycles. The molecule has 0 saturated carbocycles. The van der Waals surface area contributed by atoms with Gasteiger partial charge in [0, 0.05) is 23.5 Å². The molecule has 1 aromatic rings. The molecule has 0 bridgehead atoms. The Labute approximate surface area is 91.0 Å². The van der Waals surface area contributed by atoms with Gasteiger partial charge in [-0.05, 0) is 17.7 Å². The Morgan fingerprint density at radius 2 is 1.71 bits per heavy atom. The van der Waals surface area contributed by atoms with Crippen molar-refractivity contribution in [3.63, 3.8) is 0 Å². The molecule has 14 heavy (non-hydrogen) atoms. The van der Waals surface area contributed by atoms with E-state index in [0.717, 1.165) is 4.47 Å². The van der Waals surface area contributed by atoms with E-state index in [1.54, 1.807) is 0 Å². The second-order valence-corrected chi connectivity index (χ2v) is 4.26. The molecule has 0 radical (unpaired) electrons. The molecule has 1 fully saturated rings. The third kappa shape index (κ3) is 2.07. The molecule has 2 amide bonds. The molecule has 1 saturated heterocycles. The van der Waals surface area contributed by atoms with Crippen molar-refractivity contribution in [3.8, 4) is 0 Å². The summed E-state index contributed by atoms with van der Waals surface area (Å²) in [7, 11) is 0. The number of hydrogen-bond acceptors (Lipinski definition) is 1. The Kier molecular flexibility index (Phi) is 2.72. The van der Waals surface area contributed by atoms with Crippen molar-refractivity contribution in [2.75, 3.05) is 13.1 Å². The highest BCUT2D eigenvalue weighted by atomic mass is 79.9. The number of halogens is 1. The molecular formula is C10H11BrN2O. The van der Waals surface area contributed by atoms with Crippen LogP contribution in [0.4, 0.5) is 4.79 Å². The number of urea groups is 1. The van der Waals surface area contributed by atoms with Crippen LogP contribution in [0.1, 0.15) is 11.5 Å². The highest BCUT2D eigenvalue weighted by Crippen LogP contribution is 2.18. The summed E-state index contributed by atoms with van der Waals surface area (Å²) in [4.78, 5) is 10.9. The average Bonchev–Trinajstić information content (AvgIpc) is 2.21. The molecule has 0 aliphatic carbocycles.